The third kappa shape index (κ3) is 2.71. The molecule has 2 aliphatic rings. The van der Waals surface area contributed by atoms with E-state index in [2.05, 4.69) is 32.2 Å². The normalized spacial score (nSPS) is 16.9. The number of nitrogens with one attached hydrogen (secondary N) is 2. The number of piperidine rings is 1. The first-order valence-corrected chi connectivity index (χ1v) is 9.92. The number of aliphatic hydroxyl groups excluding tert-OH is 1. The van der Waals surface area contributed by atoms with Crippen molar-refractivity contribution in [2.24, 2.45) is 5.92 Å². The van der Waals surface area contributed by atoms with E-state index in [1.165, 1.54) is 5.69 Å². The van der Waals surface area contributed by atoms with E-state index < -0.39 is 0 Å². The summed E-state index contributed by atoms with van der Waals surface area (Å²) in [5.74, 6) is 2.61. The van der Waals surface area contributed by atoms with Gasteiger partial charge in [0.05, 0.1) is 16.6 Å². The number of H-pyrrole nitrogens is 2. The summed E-state index contributed by atoms with van der Waals surface area (Å²) in [7, 11) is 0. The van der Waals surface area contributed by atoms with Gasteiger partial charge in [-0.1, -0.05) is 0 Å². The van der Waals surface area contributed by atoms with Gasteiger partial charge in [0.15, 0.2) is 17.3 Å². The lowest BCUT2D eigenvalue weighted by Crippen LogP contribution is -2.34. The van der Waals surface area contributed by atoms with Crippen molar-refractivity contribution in [2.45, 2.75) is 12.8 Å². The lowest BCUT2D eigenvalue weighted by atomic mass is 9.97. The van der Waals surface area contributed by atoms with E-state index in [9.17, 15) is 5.11 Å². The Morgan fingerprint density at radius 2 is 1.90 bits per heavy atom. The topological polar surface area (TPSA) is 99.3 Å². The number of ether oxygens (including phenoxy) is 2. The monoisotopic (exact) mass is 391 g/mol. The van der Waals surface area contributed by atoms with Crippen LogP contribution in [-0.4, -0.2) is 51.8 Å². The summed E-state index contributed by atoms with van der Waals surface area (Å²) in [6.07, 6.45) is 2.05. The Kier molecular flexibility index (Phi) is 3.67. The first-order chi connectivity index (χ1) is 14.3. The minimum atomic E-state index is 0.244. The summed E-state index contributed by atoms with van der Waals surface area (Å²) < 4.78 is 11.0. The molecule has 8 heteroatoms. The van der Waals surface area contributed by atoms with E-state index in [1.807, 2.05) is 18.2 Å². The minimum Gasteiger partial charge on any atom is -0.454 e. The largest absolute Gasteiger partial charge is 0.454 e. The standard InChI is InChI=1S/C21H21N5O3/c27-10-12-3-5-26(6-4-12)13-1-2-15-17(7-13)23-21(22-15)20-14-8-18-19(29-11-28-18)9-16(14)24-25-20/h1-2,7-9,12,27H,3-6,10-11H2,(H,22,23)(H,24,25). The molecule has 0 radical (unpaired) electrons. The summed E-state index contributed by atoms with van der Waals surface area (Å²) in [4.78, 5) is 10.5. The number of aromatic amines is 2. The second kappa shape index (κ2) is 6.38. The molecule has 6 rings (SSSR count). The lowest BCUT2D eigenvalue weighted by Gasteiger charge is -2.32. The van der Waals surface area contributed by atoms with Crippen LogP contribution in [0.3, 0.4) is 0 Å². The number of fused-ring (bicyclic) bond motifs is 3. The Balaban J connectivity index is 1.35. The molecule has 0 bridgehead atoms. The Hall–Kier alpha value is -3.26. The highest BCUT2D eigenvalue weighted by atomic mass is 16.7. The number of aliphatic hydroxyl groups is 1. The van der Waals surface area contributed by atoms with Crippen LogP contribution < -0.4 is 14.4 Å². The van der Waals surface area contributed by atoms with Crippen LogP contribution in [0.15, 0.2) is 30.3 Å². The van der Waals surface area contributed by atoms with Crippen molar-refractivity contribution in [3.05, 3.63) is 30.3 Å². The predicted molar refractivity (Wildman–Crippen MR) is 109 cm³/mol. The van der Waals surface area contributed by atoms with E-state index in [0.29, 0.717) is 5.92 Å². The van der Waals surface area contributed by atoms with E-state index in [-0.39, 0.29) is 13.4 Å². The Morgan fingerprint density at radius 3 is 2.72 bits per heavy atom. The van der Waals surface area contributed by atoms with Crippen molar-refractivity contribution in [3.8, 4) is 23.0 Å². The fourth-order valence-electron chi connectivity index (χ4n) is 4.27. The van der Waals surface area contributed by atoms with Gasteiger partial charge in [-0.25, -0.2) is 4.98 Å². The average Bonchev–Trinajstić information content (AvgIpc) is 3.48. The molecule has 4 heterocycles. The highest BCUT2D eigenvalue weighted by molar-refractivity contribution is 5.95. The van der Waals surface area contributed by atoms with Crippen molar-refractivity contribution in [1.82, 2.24) is 20.2 Å². The van der Waals surface area contributed by atoms with Crippen LogP contribution in [0.25, 0.3) is 33.5 Å². The van der Waals surface area contributed by atoms with Crippen LogP contribution >= 0.6 is 0 Å². The number of rotatable bonds is 3. The van der Waals surface area contributed by atoms with Crippen molar-refractivity contribution in [3.63, 3.8) is 0 Å². The van der Waals surface area contributed by atoms with Crippen LogP contribution in [0.2, 0.25) is 0 Å². The molecule has 3 N–H and O–H groups in total. The van der Waals surface area contributed by atoms with Crippen LogP contribution in [0.5, 0.6) is 11.5 Å². The van der Waals surface area contributed by atoms with Gasteiger partial charge in [-0.05, 0) is 43.0 Å². The van der Waals surface area contributed by atoms with Gasteiger partial charge in [0.2, 0.25) is 6.79 Å². The Morgan fingerprint density at radius 1 is 1.07 bits per heavy atom. The molecule has 1 saturated heterocycles. The lowest BCUT2D eigenvalue weighted by molar-refractivity contribution is 0.174. The second-order valence-electron chi connectivity index (χ2n) is 7.72. The molecule has 148 valence electrons. The molecule has 1 fully saturated rings. The third-order valence-electron chi connectivity index (χ3n) is 5.98. The maximum atomic E-state index is 9.35. The second-order valence-corrected chi connectivity index (χ2v) is 7.72. The molecule has 4 aromatic rings. The fourth-order valence-corrected chi connectivity index (χ4v) is 4.27. The molecular formula is C21H21N5O3. The average molecular weight is 391 g/mol. The number of aromatic nitrogens is 4. The number of benzene rings is 2. The number of hydrogen-bond acceptors (Lipinski definition) is 6. The summed E-state index contributed by atoms with van der Waals surface area (Å²) in [6, 6.07) is 10.2. The molecule has 2 aromatic heterocycles. The number of nitrogens with zero attached hydrogens (tertiary/aromatic N) is 3. The highest BCUT2D eigenvalue weighted by Gasteiger charge is 2.21. The van der Waals surface area contributed by atoms with Crippen molar-refractivity contribution in [2.75, 3.05) is 31.4 Å². The van der Waals surface area contributed by atoms with Crippen molar-refractivity contribution < 1.29 is 14.6 Å². The zero-order chi connectivity index (χ0) is 19.4. The number of hydrogen-bond donors (Lipinski definition) is 3. The summed E-state index contributed by atoms with van der Waals surface area (Å²) in [5, 5.41) is 17.8. The van der Waals surface area contributed by atoms with E-state index in [4.69, 9.17) is 14.5 Å². The molecule has 0 spiro atoms. The minimum absolute atomic E-state index is 0.244. The SMILES string of the molecule is OCC1CCN(c2ccc3nc(-c4n[nH]c5cc6c(cc45)OCO6)[nH]c3c2)CC1. The molecule has 0 atom stereocenters. The Labute approximate surface area is 166 Å². The quantitative estimate of drug-likeness (QED) is 0.496. The Bertz CT molecular complexity index is 1210. The smallest absolute Gasteiger partial charge is 0.231 e. The van der Waals surface area contributed by atoms with Gasteiger partial charge in [-0.3, -0.25) is 5.10 Å². The third-order valence-corrected chi connectivity index (χ3v) is 5.98. The zero-order valence-corrected chi connectivity index (χ0v) is 15.8. The highest BCUT2D eigenvalue weighted by Crippen LogP contribution is 2.38. The van der Waals surface area contributed by atoms with Crippen LogP contribution in [0.1, 0.15) is 12.8 Å². The maximum absolute atomic E-state index is 9.35. The van der Waals surface area contributed by atoms with Gasteiger partial charge >= 0.3 is 0 Å². The molecule has 2 aliphatic heterocycles. The van der Waals surface area contributed by atoms with E-state index >= 15 is 0 Å². The molecule has 29 heavy (non-hydrogen) atoms. The fraction of sp³-hybridized carbons (Fsp3) is 0.333. The molecular weight excluding hydrogens is 370 g/mol. The molecule has 0 aliphatic carbocycles. The van der Waals surface area contributed by atoms with Gasteiger partial charge in [-0.15, -0.1) is 0 Å². The summed E-state index contributed by atoms with van der Waals surface area (Å²) >= 11 is 0. The molecule has 8 nitrogen and oxygen atoms in total. The van der Waals surface area contributed by atoms with Crippen molar-refractivity contribution in [1.29, 1.82) is 0 Å². The number of imidazole rings is 1. The van der Waals surface area contributed by atoms with Gasteiger partial charge in [0.1, 0.15) is 5.69 Å². The zero-order valence-electron chi connectivity index (χ0n) is 15.8. The molecule has 0 saturated carbocycles. The van der Waals surface area contributed by atoms with Crippen LogP contribution in [-0.2, 0) is 0 Å². The van der Waals surface area contributed by atoms with Gasteiger partial charge in [-0.2, -0.15) is 5.10 Å². The van der Waals surface area contributed by atoms with E-state index in [1.54, 1.807) is 0 Å². The van der Waals surface area contributed by atoms with Crippen LogP contribution in [0, 0.1) is 5.92 Å². The van der Waals surface area contributed by atoms with Gasteiger partial charge in [0, 0.05) is 36.8 Å². The van der Waals surface area contributed by atoms with Crippen molar-refractivity contribution >= 4 is 27.6 Å². The summed E-state index contributed by atoms with van der Waals surface area (Å²) in [6.45, 7) is 2.46. The predicted octanol–water partition coefficient (Wildman–Crippen LogP) is 3.04. The summed E-state index contributed by atoms with van der Waals surface area (Å²) in [5.41, 5.74) is 4.72. The van der Waals surface area contributed by atoms with E-state index in [0.717, 1.165) is 70.9 Å². The van der Waals surface area contributed by atoms with Gasteiger partial charge in [0.25, 0.3) is 0 Å². The first-order valence-electron chi connectivity index (χ1n) is 9.92. The molecule has 0 amide bonds. The molecule has 2 aromatic carbocycles. The first kappa shape index (κ1) is 16.7. The maximum Gasteiger partial charge on any atom is 0.231 e. The molecule has 0 unspecified atom stereocenters. The number of anilines is 1. The van der Waals surface area contributed by atoms with Crippen LogP contribution in [0.4, 0.5) is 5.69 Å². The van der Waals surface area contributed by atoms with Gasteiger partial charge < -0.3 is 24.5 Å².